The van der Waals surface area contributed by atoms with Crippen molar-refractivity contribution in [3.63, 3.8) is 0 Å². The summed E-state index contributed by atoms with van der Waals surface area (Å²) in [5.74, 6) is 0.0308. The molecule has 1 amide bonds. The minimum Gasteiger partial charge on any atom is -0.344 e. The highest BCUT2D eigenvalue weighted by Crippen LogP contribution is 2.34. The zero-order chi connectivity index (χ0) is 16.6. The van der Waals surface area contributed by atoms with Gasteiger partial charge in [-0.15, -0.1) is 0 Å². The molecule has 0 unspecified atom stereocenters. The second-order valence-electron chi connectivity index (χ2n) is 5.94. The largest absolute Gasteiger partial charge is 0.344 e. The molecule has 0 radical (unpaired) electrons. The Kier molecular flexibility index (Phi) is 4.60. The topological polar surface area (TPSA) is 25.2 Å². The van der Waals surface area contributed by atoms with E-state index in [1.165, 1.54) is 22.7 Å². The summed E-state index contributed by atoms with van der Waals surface area (Å²) in [7, 11) is 0. The van der Waals surface area contributed by atoms with Crippen LogP contribution in [0.25, 0.3) is 17.0 Å². The third-order valence-electron chi connectivity index (χ3n) is 3.94. The molecule has 3 nitrogen and oxygen atoms in total. The zero-order valence-electron chi connectivity index (χ0n) is 13.6. The highest BCUT2D eigenvalue weighted by atomic mass is 32.2. The highest BCUT2D eigenvalue weighted by Gasteiger charge is 2.31. The number of rotatable bonds is 4. The fourth-order valence-electron chi connectivity index (χ4n) is 2.83. The molecule has 1 aliphatic heterocycles. The van der Waals surface area contributed by atoms with Crippen molar-refractivity contribution in [3.8, 4) is 0 Å². The number of aromatic nitrogens is 1. The number of carbonyl (C=O) groups is 1. The lowest BCUT2D eigenvalue weighted by Gasteiger charge is -2.11. The molecule has 0 saturated carbocycles. The van der Waals surface area contributed by atoms with E-state index in [2.05, 4.69) is 43.7 Å². The Morgan fingerprint density at radius 1 is 1.30 bits per heavy atom. The lowest BCUT2D eigenvalue weighted by molar-refractivity contribution is -0.122. The van der Waals surface area contributed by atoms with Crippen LogP contribution in [0.5, 0.6) is 0 Å². The smallest absolute Gasteiger partial charge is 0.266 e. The third-order valence-corrected chi connectivity index (χ3v) is 5.31. The molecule has 3 rings (SSSR count). The molecule has 1 aromatic carbocycles. The van der Waals surface area contributed by atoms with E-state index in [0.717, 1.165) is 16.9 Å². The summed E-state index contributed by atoms with van der Waals surface area (Å²) in [6.07, 6.45) is 5.02. The second kappa shape index (κ2) is 6.49. The van der Waals surface area contributed by atoms with Gasteiger partial charge in [-0.3, -0.25) is 9.69 Å². The van der Waals surface area contributed by atoms with Crippen LogP contribution in [-0.4, -0.2) is 26.2 Å². The molecule has 2 heterocycles. The minimum atomic E-state index is 0.0308. The number of para-hydroxylation sites is 1. The van der Waals surface area contributed by atoms with E-state index in [-0.39, 0.29) is 5.91 Å². The van der Waals surface area contributed by atoms with Crippen molar-refractivity contribution in [1.29, 1.82) is 0 Å². The number of benzene rings is 1. The molecule has 0 atom stereocenters. The quantitative estimate of drug-likeness (QED) is 0.586. The normalized spacial score (nSPS) is 17.2. The van der Waals surface area contributed by atoms with E-state index in [0.29, 0.717) is 16.9 Å². The van der Waals surface area contributed by atoms with Gasteiger partial charge < -0.3 is 4.57 Å². The van der Waals surface area contributed by atoms with Gasteiger partial charge in [0.1, 0.15) is 4.32 Å². The van der Waals surface area contributed by atoms with Crippen LogP contribution in [0.2, 0.25) is 0 Å². The number of hydrogen-bond acceptors (Lipinski definition) is 3. The SMILES string of the molecule is CCCN1C(=O)/C(=C/c2cn(C(C)C)c3ccccc23)SC1=S. The zero-order valence-corrected chi connectivity index (χ0v) is 15.2. The first kappa shape index (κ1) is 16.3. The summed E-state index contributed by atoms with van der Waals surface area (Å²) in [5, 5.41) is 1.17. The molecule has 2 aromatic rings. The predicted octanol–water partition coefficient (Wildman–Crippen LogP) is 4.83. The molecular weight excluding hydrogens is 324 g/mol. The Morgan fingerprint density at radius 3 is 2.74 bits per heavy atom. The molecule has 5 heteroatoms. The monoisotopic (exact) mass is 344 g/mol. The Hall–Kier alpha value is -1.59. The Morgan fingerprint density at radius 2 is 2.04 bits per heavy atom. The van der Waals surface area contributed by atoms with Crippen molar-refractivity contribution < 1.29 is 4.79 Å². The molecule has 1 fully saturated rings. The first-order valence-corrected chi connectivity index (χ1v) is 9.10. The average molecular weight is 345 g/mol. The van der Waals surface area contributed by atoms with E-state index in [4.69, 9.17) is 12.2 Å². The summed E-state index contributed by atoms with van der Waals surface area (Å²) in [6.45, 7) is 7.07. The van der Waals surface area contributed by atoms with Gasteiger partial charge >= 0.3 is 0 Å². The van der Waals surface area contributed by atoms with Crippen LogP contribution in [0, 0.1) is 0 Å². The van der Waals surface area contributed by atoms with Gasteiger partial charge in [0, 0.05) is 35.2 Å². The van der Waals surface area contributed by atoms with Crippen LogP contribution < -0.4 is 0 Å². The maximum absolute atomic E-state index is 12.5. The average Bonchev–Trinajstić information content (AvgIpc) is 3.02. The molecule has 23 heavy (non-hydrogen) atoms. The molecule has 0 spiro atoms. The summed E-state index contributed by atoms with van der Waals surface area (Å²) in [4.78, 5) is 14.9. The van der Waals surface area contributed by atoms with Crippen molar-refractivity contribution in [2.75, 3.05) is 6.54 Å². The van der Waals surface area contributed by atoms with E-state index >= 15 is 0 Å². The van der Waals surface area contributed by atoms with Crippen LogP contribution in [0.4, 0.5) is 0 Å². The number of fused-ring (bicyclic) bond motifs is 1. The van der Waals surface area contributed by atoms with E-state index < -0.39 is 0 Å². The lowest BCUT2D eigenvalue weighted by atomic mass is 10.1. The van der Waals surface area contributed by atoms with Gasteiger partial charge in [-0.2, -0.15) is 0 Å². The molecular formula is C18H20N2OS2. The maximum atomic E-state index is 12.5. The maximum Gasteiger partial charge on any atom is 0.266 e. The lowest BCUT2D eigenvalue weighted by Crippen LogP contribution is -2.28. The molecule has 0 aliphatic carbocycles. The molecule has 1 aromatic heterocycles. The number of nitrogens with zero attached hydrogens (tertiary/aromatic N) is 2. The van der Waals surface area contributed by atoms with Crippen LogP contribution in [0.3, 0.4) is 0 Å². The first-order valence-electron chi connectivity index (χ1n) is 7.88. The van der Waals surface area contributed by atoms with E-state index in [1.54, 1.807) is 4.90 Å². The molecule has 120 valence electrons. The fourth-order valence-corrected chi connectivity index (χ4v) is 4.13. The molecule has 1 aliphatic rings. The van der Waals surface area contributed by atoms with Gasteiger partial charge in [-0.25, -0.2) is 0 Å². The van der Waals surface area contributed by atoms with Crippen molar-refractivity contribution in [1.82, 2.24) is 9.47 Å². The predicted molar refractivity (Wildman–Crippen MR) is 102 cm³/mol. The number of carbonyl (C=O) groups excluding carboxylic acids is 1. The van der Waals surface area contributed by atoms with Crippen molar-refractivity contribution in [2.45, 2.75) is 33.2 Å². The van der Waals surface area contributed by atoms with E-state index in [9.17, 15) is 4.79 Å². The Balaban J connectivity index is 2.05. The van der Waals surface area contributed by atoms with Crippen LogP contribution in [-0.2, 0) is 4.79 Å². The molecule has 0 bridgehead atoms. The molecule has 0 N–H and O–H groups in total. The van der Waals surface area contributed by atoms with Crippen molar-refractivity contribution >= 4 is 51.2 Å². The van der Waals surface area contributed by atoms with Crippen molar-refractivity contribution in [2.24, 2.45) is 0 Å². The van der Waals surface area contributed by atoms with Crippen molar-refractivity contribution in [3.05, 3.63) is 40.9 Å². The van der Waals surface area contributed by atoms with Gasteiger partial charge in [0.25, 0.3) is 5.91 Å². The van der Waals surface area contributed by atoms with Crippen LogP contribution in [0.15, 0.2) is 35.4 Å². The van der Waals surface area contributed by atoms with Gasteiger partial charge in [-0.1, -0.05) is 49.1 Å². The Bertz CT molecular complexity index is 804. The second-order valence-corrected chi connectivity index (χ2v) is 7.61. The Labute approximate surface area is 146 Å². The van der Waals surface area contributed by atoms with E-state index in [1.807, 2.05) is 18.2 Å². The number of thioether (sulfide) groups is 1. The summed E-state index contributed by atoms with van der Waals surface area (Å²) in [6, 6.07) is 8.68. The summed E-state index contributed by atoms with van der Waals surface area (Å²) >= 11 is 6.74. The third kappa shape index (κ3) is 2.95. The number of amides is 1. The highest BCUT2D eigenvalue weighted by molar-refractivity contribution is 8.26. The number of thiocarbonyl (C=S) groups is 1. The fraction of sp³-hybridized carbons (Fsp3) is 0.333. The van der Waals surface area contributed by atoms with Gasteiger partial charge in [0.2, 0.25) is 0 Å². The van der Waals surface area contributed by atoms with Crippen LogP contribution in [0.1, 0.15) is 38.8 Å². The summed E-state index contributed by atoms with van der Waals surface area (Å²) < 4.78 is 2.91. The number of hydrogen-bond donors (Lipinski definition) is 0. The van der Waals surface area contributed by atoms with Crippen LogP contribution >= 0.6 is 24.0 Å². The van der Waals surface area contributed by atoms with Gasteiger partial charge in [-0.05, 0) is 32.4 Å². The molecule has 1 saturated heterocycles. The van der Waals surface area contributed by atoms with Gasteiger partial charge in [0.15, 0.2) is 0 Å². The minimum absolute atomic E-state index is 0.0308. The first-order chi connectivity index (χ1) is 11.0. The summed E-state index contributed by atoms with van der Waals surface area (Å²) in [5.41, 5.74) is 2.27. The van der Waals surface area contributed by atoms with Gasteiger partial charge in [0.05, 0.1) is 4.91 Å². The standard InChI is InChI=1S/C18H20N2OS2/c1-4-9-19-17(21)16(23-18(19)22)10-13-11-20(12(2)3)15-8-6-5-7-14(13)15/h5-8,10-12H,4,9H2,1-3H3/b16-10-.